The molecular weight excluding hydrogens is 146 g/mol. The van der Waals surface area contributed by atoms with E-state index in [-0.39, 0.29) is 14.0 Å². The highest BCUT2D eigenvalue weighted by atomic mass is 16.7. The Labute approximate surface area is 66.4 Å². The average molecular weight is 156 g/mol. The Balaban J connectivity index is 1.82. The Hall–Kier alpha value is -0.0301. The van der Waals surface area contributed by atoms with Gasteiger partial charge in [-0.1, -0.05) is 0 Å². The Bertz CT molecular complexity index is 122. The molecule has 0 unspecified atom stereocenters. The van der Waals surface area contributed by atoms with Crippen LogP contribution in [0.15, 0.2) is 0 Å². The van der Waals surface area contributed by atoms with Crippen molar-refractivity contribution < 1.29 is 18.6 Å². The second kappa shape index (κ2) is 3.58. The third-order valence-corrected chi connectivity index (χ3v) is 1.72. The van der Waals surface area contributed by atoms with Gasteiger partial charge in [-0.05, 0) is 6.42 Å². The van der Waals surface area contributed by atoms with Crippen LogP contribution in [0.1, 0.15) is 6.42 Å². The fraction of sp³-hybridized carbons (Fsp3) is 1.00. The smallest absolute Gasteiger partial charge is 0.413 e. The molecule has 6 heteroatoms. The predicted molar refractivity (Wildman–Crippen MR) is 39.9 cm³/mol. The summed E-state index contributed by atoms with van der Waals surface area (Å²) in [6.45, 7) is 2.78. The van der Waals surface area contributed by atoms with E-state index in [2.05, 4.69) is 0 Å². The first kappa shape index (κ1) is 7.61. The van der Waals surface area contributed by atoms with Gasteiger partial charge in [0.1, 0.15) is 0 Å². The van der Waals surface area contributed by atoms with Gasteiger partial charge in [0.25, 0.3) is 0 Å². The second-order valence-corrected chi connectivity index (χ2v) is 2.57. The molecule has 0 radical (unpaired) electrons. The molecule has 11 heavy (non-hydrogen) atoms. The third-order valence-electron chi connectivity index (χ3n) is 1.72. The quantitative estimate of drug-likeness (QED) is 0.480. The fourth-order valence-corrected chi connectivity index (χ4v) is 1.20. The summed E-state index contributed by atoms with van der Waals surface area (Å²) in [6, 6.07) is 0. The molecular formula is C5H10B2O4. The molecule has 2 saturated heterocycles. The highest BCUT2D eigenvalue weighted by molar-refractivity contribution is 7.10. The maximum atomic E-state index is 5.29. The van der Waals surface area contributed by atoms with E-state index >= 15 is 0 Å². The molecule has 0 bridgehead atoms. The van der Waals surface area contributed by atoms with Crippen molar-refractivity contribution in [2.75, 3.05) is 26.4 Å². The highest BCUT2D eigenvalue weighted by Gasteiger charge is 2.43. The van der Waals surface area contributed by atoms with E-state index in [1.54, 1.807) is 0 Å². The standard InChI is InChI=1S/C5H10B2O4/c1-2-8-6(9-3-1)7-10-4-5-11-7/h1-5H2. The Morgan fingerprint density at radius 2 is 1.09 bits per heavy atom. The minimum absolute atomic E-state index is 0.296. The van der Waals surface area contributed by atoms with Crippen LogP contribution in [-0.2, 0) is 18.6 Å². The summed E-state index contributed by atoms with van der Waals surface area (Å²) in [6.07, 6.45) is 0.962. The lowest BCUT2D eigenvalue weighted by Gasteiger charge is -2.20. The first-order valence-corrected chi connectivity index (χ1v) is 3.93. The molecule has 0 aliphatic carbocycles. The van der Waals surface area contributed by atoms with Gasteiger partial charge in [0.15, 0.2) is 0 Å². The van der Waals surface area contributed by atoms with Crippen molar-refractivity contribution in [3.8, 4) is 0 Å². The minimum Gasteiger partial charge on any atom is -0.413 e. The average Bonchev–Trinajstić information content (AvgIpc) is 2.58. The van der Waals surface area contributed by atoms with E-state index in [0.717, 1.165) is 19.6 Å². The lowest BCUT2D eigenvalue weighted by atomic mass is 9.48. The van der Waals surface area contributed by atoms with E-state index in [1.165, 1.54) is 0 Å². The maximum absolute atomic E-state index is 5.29. The van der Waals surface area contributed by atoms with Crippen LogP contribution in [0, 0.1) is 0 Å². The minimum atomic E-state index is -0.300. The number of rotatable bonds is 1. The zero-order valence-corrected chi connectivity index (χ0v) is 6.32. The topological polar surface area (TPSA) is 36.9 Å². The molecule has 0 amide bonds. The number of hydrogen-bond acceptors (Lipinski definition) is 4. The van der Waals surface area contributed by atoms with Gasteiger partial charge in [0.05, 0.1) is 13.2 Å². The van der Waals surface area contributed by atoms with Crippen molar-refractivity contribution in [2.45, 2.75) is 6.42 Å². The Kier molecular flexibility index (Phi) is 2.48. The molecule has 60 valence electrons. The molecule has 0 aromatic carbocycles. The summed E-state index contributed by atoms with van der Waals surface area (Å²) in [5, 5.41) is 0. The van der Waals surface area contributed by atoms with Crippen LogP contribution >= 0.6 is 0 Å². The van der Waals surface area contributed by atoms with Crippen LogP contribution in [0.3, 0.4) is 0 Å². The lowest BCUT2D eigenvalue weighted by molar-refractivity contribution is 0.139. The van der Waals surface area contributed by atoms with Gasteiger partial charge in [0.2, 0.25) is 0 Å². The van der Waals surface area contributed by atoms with Gasteiger partial charge in [-0.3, -0.25) is 0 Å². The summed E-state index contributed by atoms with van der Waals surface area (Å²) in [5.41, 5.74) is 0. The van der Waals surface area contributed by atoms with Crippen LogP contribution in [0.2, 0.25) is 0 Å². The van der Waals surface area contributed by atoms with Crippen LogP contribution in [0.5, 0.6) is 0 Å². The molecule has 0 saturated carbocycles. The summed E-state index contributed by atoms with van der Waals surface area (Å²) >= 11 is 0. The Morgan fingerprint density at radius 1 is 0.636 bits per heavy atom. The van der Waals surface area contributed by atoms with Gasteiger partial charge >= 0.3 is 14.0 Å². The van der Waals surface area contributed by atoms with Gasteiger partial charge < -0.3 is 18.6 Å². The fourth-order valence-electron chi connectivity index (χ4n) is 1.20. The third kappa shape index (κ3) is 1.76. The monoisotopic (exact) mass is 156 g/mol. The van der Waals surface area contributed by atoms with E-state index in [1.807, 2.05) is 0 Å². The second-order valence-electron chi connectivity index (χ2n) is 2.57. The molecule has 2 aliphatic heterocycles. The molecule has 0 spiro atoms. The summed E-state index contributed by atoms with van der Waals surface area (Å²) in [7, 11) is -0.596. The molecule has 0 N–H and O–H groups in total. The van der Waals surface area contributed by atoms with Crippen molar-refractivity contribution in [1.29, 1.82) is 0 Å². The molecule has 2 fully saturated rings. The van der Waals surface area contributed by atoms with Gasteiger partial charge in [-0.15, -0.1) is 0 Å². The van der Waals surface area contributed by atoms with E-state index in [9.17, 15) is 0 Å². The van der Waals surface area contributed by atoms with Crippen LogP contribution in [-0.4, -0.2) is 40.4 Å². The molecule has 2 heterocycles. The summed E-state index contributed by atoms with van der Waals surface area (Å²) < 4.78 is 21.0. The molecule has 2 rings (SSSR count). The SMILES string of the molecule is C1COB(B2OCCO2)OC1. The Morgan fingerprint density at radius 3 is 1.64 bits per heavy atom. The largest absolute Gasteiger partial charge is 0.488 e. The van der Waals surface area contributed by atoms with Crippen molar-refractivity contribution in [2.24, 2.45) is 0 Å². The zero-order chi connectivity index (χ0) is 7.52. The zero-order valence-electron chi connectivity index (χ0n) is 6.32. The molecule has 0 aromatic rings. The van der Waals surface area contributed by atoms with Crippen LogP contribution in [0.4, 0.5) is 0 Å². The van der Waals surface area contributed by atoms with Crippen LogP contribution in [0.25, 0.3) is 0 Å². The van der Waals surface area contributed by atoms with Gasteiger partial charge in [0, 0.05) is 13.2 Å². The summed E-state index contributed by atoms with van der Waals surface area (Å²) in [4.78, 5) is 0. The molecule has 2 aliphatic rings. The van der Waals surface area contributed by atoms with Crippen LogP contribution < -0.4 is 0 Å². The van der Waals surface area contributed by atoms with E-state index in [0.29, 0.717) is 13.2 Å². The first-order chi connectivity index (χ1) is 5.47. The molecule has 0 aromatic heterocycles. The highest BCUT2D eigenvalue weighted by Crippen LogP contribution is 2.09. The predicted octanol–water partition coefficient (Wildman–Crippen LogP) is -0.475. The lowest BCUT2D eigenvalue weighted by Crippen LogP contribution is -2.45. The molecule has 4 nitrogen and oxygen atoms in total. The van der Waals surface area contributed by atoms with Crippen molar-refractivity contribution in [1.82, 2.24) is 0 Å². The first-order valence-electron chi connectivity index (χ1n) is 3.93. The van der Waals surface area contributed by atoms with E-state index < -0.39 is 0 Å². The van der Waals surface area contributed by atoms with Crippen molar-refractivity contribution in [3.05, 3.63) is 0 Å². The number of hydrogen-bond donors (Lipinski definition) is 0. The van der Waals surface area contributed by atoms with Gasteiger partial charge in [-0.25, -0.2) is 0 Å². The van der Waals surface area contributed by atoms with Crippen molar-refractivity contribution >= 4 is 14.0 Å². The van der Waals surface area contributed by atoms with Crippen molar-refractivity contribution in [3.63, 3.8) is 0 Å². The summed E-state index contributed by atoms with van der Waals surface area (Å²) in [5.74, 6) is 0. The van der Waals surface area contributed by atoms with E-state index in [4.69, 9.17) is 18.6 Å². The molecule has 0 atom stereocenters. The normalized spacial score (nSPS) is 26.2. The maximum Gasteiger partial charge on any atom is 0.488 e. The van der Waals surface area contributed by atoms with Gasteiger partial charge in [-0.2, -0.15) is 0 Å².